The van der Waals surface area contributed by atoms with Crippen LogP contribution >= 0.6 is 0 Å². The van der Waals surface area contributed by atoms with E-state index in [4.69, 9.17) is 4.74 Å². The fourth-order valence-electron chi connectivity index (χ4n) is 1.82. The molecule has 1 aromatic carbocycles. The Morgan fingerprint density at radius 3 is 2.33 bits per heavy atom. The first-order chi connectivity index (χ1) is 8.63. The second-order valence-corrected chi connectivity index (χ2v) is 5.21. The maximum atomic E-state index is 5.60. The molecule has 0 aliphatic heterocycles. The Morgan fingerprint density at radius 2 is 1.78 bits per heavy atom. The quantitative estimate of drug-likeness (QED) is 0.709. The number of rotatable bonds is 8. The summed E-state index contributed by atoms with van der Waals surface area (Å²) < 4.78 is 5.60. The van der Waals surface area contributed by atoms with Crippen molar-refractivity contribution in [2.45, 2.75) is 52.7 Å². The van der Waals surface area contributed by atoms with Crippen LogP contribution in [0.2, 0.25) is 0 Å². The fourth-order valence-corrected chi connectivity index (χ4v) is 1.82. The average molecular weight is 249 g/mol. The lowest BCUT2D eigenvalue weighted by atomic mass is 10.00. The zero-order valence-corrected chi connectivity index (χ0v) is 12.2. The normalized spacial score (nSPS) is 12.9. The summed E-state index contributed by atoms with van der Waals surface area (Å²) in [5.41, 5.74) is 2.65. The highest BCUT2D eigenvalue weighted by atomic mass is 16.5. The van der Waals surface area contributed by atoms with E-state index in [9.17, 15) is 0 Å². The van der Waals surface area contributed by atoms with Crippen LogP contribution in [0.3, 0.4) is 0 Å². The van der Waals surface area contributed by atoms with Gasteiger partial charge in [0.2, 0.25) is 0 Å². The molecule has 0 amide bonds. The predicted octanol–water partition coefficient (Wildman–Crippen LogP) is 3.71. The van der Waals surface area contributed by atoms with Gasteiger partial charge in [-0.2, -0.15) is 0 Å². The van der Waals surface area contributed by atoms with E-state index in [1.807, 2.05) is 0 Å². The minimum absolute atomic E-state index is 0.293. The summed E-state index contributed by atoms with van der Waals surface area (Å²) in [7, 11) is 0. The number of hydrogen-bond acceptors (Lipinski definition) is 2. The van der Waals surface area contributed by atoms with E-state index in [0.717, 1.165) is 13.1 Å². The molecule has 18 heavy (non-hydrogen) atoms. The number of nitrogens with one attached hydrogen (secondary N) is 1. The molecule has 0 fully saturated rings. The molecule has 1 unspecified atom stereocenters. The second-order valence-electron chi connectivity index (χ2n) is 5.21. The van der Waals surface area contributed by atoms with Gasteiger partial charge in [-0.1, -0.05) is 38.1 Å². The van der Waals surface area contributed by atoms with Gasteiger partial charge >= 0.3 is 0 Å². The van der Waals surface area contributed by atoms with Crippen LogP contribution < -0.4 is 5.32 Å². The lowest BCUT2D eigenvalue weighted by molar-refractivity contribution is 0.0657. The standard InChI is InChI=1S/C16H27NO/c1-5-10-17-11-14(4)16-8-6-15(7-9-16)12-18-13(2)3/h6-9,13-14,17H,5,10-12H2,1-4H3. The van der Waals surface area contributed by atoms with Crippen LogP contribution in [-0.2, 0) is 11.3 Å². The van der Waals surface area contributed by atoms with Crippen LogP contribution in [0.5, 0.6) is 0 Å². The third-order valence-corrected chi connectivity index (χ3v) is 3.01. The van der Waals surface area contributed by atoms with Crippen molar-refractivity contribution in [3.8, 4) is 0 Å². The van der Waals surface area contributed by atoms with E-state index in [2.05, 4.69) is 57.3 Å². The van der Waals surface area contributed by atoms with Crippen molar-refractivity contribution in [2.24, 2.45) is 0 Å². The summed E-state index contributed by atoms with van der Waals surface area (Å²) in [6, 6.07) is 8.79. The van der Waals surface area contributed by atoms with Gasteiger partial charge in [0.15, 0.2) is 0 Å². The van der Waals surface area contributed by atoms with Crippen molar-refractivity contribution in [3.05, 3.63) is 35.4 Å². The van der Waals surface area contributed by atoms with Crippen LogP contribution in [0.4, 0.5) is 0 Å². The maximum Gasteiger partial charge on any atom is 0.0720 e. The van der Waals surface area contributed by atoms with E-state index < -0.39 is 0 Å². The minimum Gasteiger partial charge on any atom is -0.374 e. The Kier molecular flexibility index (Phi) is 6.99. The molecule has 0 aliphatic carbocycles. The first kappa shape index (κ1) is 15.2. The molecular weight excluding hydrogens is 222 g/mol. The third-order valence-electron chi connectivity index (χ3n) is 3.01. The first-order valence-corrected chi connectivity index (χ1v) is 7.04. The molecule has 2 heteroatoms. The van der Waals surface area contributed by atoms with Crippen LogP contribution in [0.1, 0.15) is 51.2 Å². The van der Waals surface area contributed by atoms with Crippen LogP contribution in [-0.4, -0.2) is 19.2 Å². The van der Waals surface area contributed by atoms with Gasteiger partial charge in [-0.05, 0) is 43.9 Å². The van der Waals surface area contributed by atoms with E-state index in [-0.39, 0.29) is 0 Å². The Labute approximate surface area is 112 Å². The minimum atomic E-state index is 0.293. The highest BCUT2D eigenvalue weighted by molar-refractivity contribution is 5.24. The van der Waals surface area contributed by atoms with Crippen molar-refractivity contribution < 1.29 is 4.74 Å². The zero-order chi connectivity index (χ0) is 13.4. The van der Waals surface area contributed by atoms with Crippen molar-refractivity contribution in [1.29, 1.82) is 0 Å². The van der Waals surface area contributed by atoms with E-state index >= 15 is 0 Å². The van der Waals surface area contributed by atoms with Gasteiger partial charge in [0.25, 0.3) is 0 Å². The lowest BCUT2D eigenvalue weighted by Gasteiger charge is -2.14. The molecule has 0 saturated heterocycles. The zero-order valence-electron chi connectivity index (χ0n) is 12.2. The van der Waals surface area contributed by atoms with Crippen molar-refractivity contribution >= 4 is 0 Å². The van der Waals surface area contributed by atoms with Crippen molar-refractivity contribution in [3.63, 3.8) is 0 Å². The monoisotopic (exact) mass is 249 g/mol. The number of ether oxygens (including phenoxy) is 1. The average Bonchev–Trinajstić information content (AvgIpc) is 2.37. The summed E-state index contributed by atoms with van der Waals surface area (Å²) in [5.74, 6) is 0.566. The first-order valence-electron chi connectivity index (χ1n) is 7.04. The molecule has 1 N–H and O–H groups in total. The number of benzene rings is 1. The van der Waals surface area contributed by atoms with E-state index in [1.54, 1.807) is 0 Å². The predicted molar refractivity (Wildman–Crippen MR) is 77.9 cm³/mol. The molecule has 0 saturated carbocycles. The summed E-state index contributed by atoms with van der Waals surface area (Å²) >= 11 is 0. The van der Waals surface area contributed by atoms with Gasteiger partial charge in [0, 0.05) is 6.54 Å². The van der Waals surface area contributed by atoms with Gasteiger partial charge in [-0.3, -0.25) is 0 Å². The molecular formula is C16H27NO. The molecule has 1 rings (SSSR count). The van der Waals surface area contributed by atoms with E-state index in [0.29, 0.717) is 18.6 Å². The molecule has 0 spiro atoms. The Bertz CT molecular complexity index is 318. The summed E-state index contributed by atoms with van der Waals surface area (Å²) in [5, 5.41) is 3.46. The molecule has 0 aromatic heterocycles. The highest BCUT2D eigenvalue weighted by Crippen LogP contribution is 2.15. The van der Waals surface area contributed by atoms with Gasteiger partial charge in [0.1, 0.15) is 0 Å². The molecule has 0 radical (unpaired) electrons. The van der Waals surface area contributed by atoms with Gasteiger partial charge in [-0.15, -0.1) is 0 Å². The Balaban J connectivity index is 2.43. The summed E-state index contributed by atoms with van der Waals surface area (Å²) in [6.07, 6.45) is 1.49. The topological polar surface area (TPSA) is 21.3 Å². The lowest BCUT2D eigenvalue weighted by Crippen LogP contribution is -2.20. The smallest absolute Gasteiger partial charge is 0.0720 e. The van der Waals surface area contributed by atoms with Gasteiger partial charge in [0.05, 0.1) is 12.7 Å². The van der Waals surface area contributed by atoms with Crippen LogP contribution in [0.15, 0.2) is 24.3 Å². The molecule has 0 heterocycles. The molecule has 0 aliphatic rings. The Hall–Kier alpha value is -0.860. The fraction of sp³-hybridized carbons (Fsp3) is 0.625. The van der Waals surface area contributed by atoms with Gasteiger partial charge in [-0.25, -0.2) is 0 Å². The molecule has 1 aromatic rings. The molecule has 0 bridgehead atoms. The molecule has 2 nitrogen and oxygen atoms in total. The largest absolute Gasteiger partial charge is 0.374 e. The van der Waals surface area contributed by atoms with Crippen molar-refractivity contribution in [1.82, 2.24) is 5.32 Å². The number of hydrogen-bond donors (Lipinski definition) is 1. The van der Waals surface area contributed by atoms with Gasteiger partial charge < -0.3 is 10.1 Å². The van der Waals surface area contributed by atoms with Crippen LogP contribution in [0.25, 0.3) is 0 Å². The highest BCUT2D eigenvalue weighted by Gasteiger charge is 2.05. The third kappa shape index (κ3) is 5.65. The maximum absolute atomic E-state index is 5.60. The van der Waals surface area contributed by atoms with Crippen molar-refractivity contribution in [2.75, 3.05) is 13.1 Å². The van der Waals surface area contributed by atoms with E-state index in [1.165, 1.54) is 17.5 Å². The summed E-state index contributed by atoms with van der Waals surface area (Å²) in [6.45, 7) is 11.5. The molecule has 1 atom stereocenters. The second kappa shape index (κ2) is 8.28. The van der Waals surface area contributed by atoms with Crippen LogP contribution in [0, 0.1) is 0 Å². The Morgan fingerprint density at radius 1 is 1.11 bits per heavy atom. The summed E-state index contributed by atoms with van der Waals surface area (Å²) in [4.78, 5) is 0. The molecule has 102 valence electrons. The SMILES string of the molecule is CCCNCC(C)c1ccc(COC(C)C)cc1.